The van der Waals surface area contributed by atoms with Crippen molar-refractivity contribution in [3.63, 3.8) is 0 Å². The van der Waals surface area contributed by atoms with E-state index in [1.54, 1.807) is 0 Å². The zero-order valence-corrected chi connectivity index (χ0v) is 36.3. The van der Waals surface area contributed by atoms with Gasteiger partial charge in [0.15, 0.2) is 0 Å². The third-order valence-electron chi connectivity index (χ3n) is 13.1. The van der Waals surface area contributed by atoms with Crippen molar-refractivity contribution in [3.8, 4) is 11.1 Å². The van der Waals surface area contributed by atoms with Crippen LogP contribution in [-0.2, 0) is 10.8 Å². The quantitative estimate of drug-likeness (QED) is 0.163. The molecule has 11 rings (SSSR count). The van der Waals surface area contributed by atoms with Crippen LogP contribution >= 0.6 is 23.5 Å². The van der Waals surface area contributed by atoms with Crippen LogP contribution in [0.2, 0.25) is 0 Å². The van der Waals surface area contributed by atoms with Crippen LogP contribution in [0.5, 0.6) is 0 Å². The molecule has 59 heavy (non-hydrogen) atoms. The second kappa shape index (κ2) is 13.7. The molecule has 2 atom stereocenters. The van der Waals surface area contributed by atoms with Gasteiger partial charge < -0.3 is 0 Å². The van der Waals surface area contributed by atoms with Crippen LogP contribution in [0.3, 0.4) is 0 Å². The summed E-state index contributed by atoms with van der Waals surface area (Å²) in [5.74, 6) is 0.441. The molecule has 0 N–H and O–H groups in total. The second-order valence-corrected chi connectivity index (χ2v) is 21.0. The third-order valence-corrected chi connectivity index (χ3v) is 15.4. The molecular weight excluding hydrogens is 748 g/mol. The molecule has 0 radical (unpaired) electrons. The molecule has 286 valence electrons. The summed E-state index contributed by atoms with van der Waals surface area (Å²) in [5, 5.41) is 5.25. The van der Waals surface area contributed by atoms with Gasteiger partial charge in [0, 0.05) is 31.4 Å². The number of allylic oxidation sites excluding steroid dienone is 4. The van der Waals surface area contributed by atoms with Gasteiger partial charge in [-0.05, 0) is 106 Å². The zero-order chi connectivity index (χ0) is 40.2. The van der Waals surface area contributed by atoms with Crippen molar-refractivity contribution in [1.82, 2.24) is 0 Å². The number of benzene rings is 7. The summed E-state index contributed by atoms with van der Waals surface area (Å²) >= 11 is 3.95. The molecule has 7 aromatic carbocycles. The summed E-state index contributed by atoms with van der Waals surface area (Å²) in [6.45, 7) is 14.2. The van der Waals surface area contributed by atoms with Crippen LogP contribution in [0.15, 0.2) is 183 Å². The fraction of sp³-hybridized carbons (Fsp3) is 0.179. The van der Waals surface area contributed by atoms with Crippen LogP contribution in [0, 0.1) is 11.8 Å². The molecule has 0 saturated heterocycles. The average molecular weight is 795 g/mol. The van der Waals surface area contributed by atoms with Gasteiger partial charge in [-0.2, -0.15) is 0 Å². The molecule has 0 amide bonds. The monoisotopic (exact) mass is 794 g/mol. The lowest BCUT2D eigenvalue weighted by atomic mass is 9.36. The van der Waals surface area contributed by atoms with Crippen molar-refractivity contribution >= 4 is 68.5 Å². The van der Waals surface area contributed by atoms with Crippen LogP contribution in [0.4, 0.5) is 0 Å². The first-order valence-electron chi connectivity index (χ1n) is 21.1. The fourth-order valence-corrected chi connectivity index (χ4v) is 12.5. The van der Waals surface area contributed by atoms with E-state index in [-0.39, 0.29) is 29.4 Å². The van der Waals surface area contributed by atoms with E-state index in [1.807, 2.05) is 23.5 Å². The zero-order valence-electron chi connectivity index (χ0n) is 34.6. The molecule has 3 heteroatoms. The van der Waals surface area contributed by atoms with E-state index in [4.69, 9.17) is 0 Å². The molecule has 2 unspecified atom stereocenters. The van der Waals surface area contributed by atoms with Gasteiger partial charge in [-0.15, -0.1) is 0 Å². The predicted octanol–water partition coefficient (Wildman–Crippen LogP) is 11.3. The lowest BCUT2D eigenvalue weighted by molar-refractivity contribution is 0.590. The molecular formula is C56H47BS2. The van der Waals surface area contributed by atoms with Gasteiger partial charge in [0.25, 0.3) is 0 Å². The summed E-state index contributed by atoms with van der Waals surface area (Å²) < 4.78 is 0. The Morgan fingerprint density at radius 3 is 1.54 bits per heavy atom. The van der Waals surface area contributed by atoms with E-state index in [1.165, 1.54) is 102 Å². The van der Waals surface area contributed by atoms with E-state index in [0.29, 0.717) is 0 Å². The number of fused-ring (bicyclic) bond motifs is 7. The minimum atomic E-state index is 0.0738. The Bertz CT molecular complexity index is 2980. The van der Waals surface area contributed by atoms with Crippen LogP contribution < -0.4 is 26.8 Å². The van der Waals surface area contributed by atoms with E-state index >= 15 is 0 Å². The molecule has 2 aliphatic heterocycles. The number of rotatable bonds is 3. The van der Waals surface area contributed by atoms with E-state index in [0.717, 1.165) is 0 Å². The lowest BCUT2D eigenvalue weighted by Crippen LogP contribution is -2.58. The highest BCUT2D eigenvalue weighted by Gasteiger charge is 2.41. The minimum absolute atomic E-state index is 0.0738. The first-order chi connectivity index (χ1) is 28.5. The summed E-state index contributed by atoms with van der Waals surface area (Å²) in [4.78, 5) is 5.56. The van der Waals surface area contributed by atoms with Crippen molar-refractivity contribution in [2.45, 2.75) is 72.0 Å². The topological polar surface area (TPSA) is 0 Å². The minimum Gasteiger partial charge on any atom is -0.0911 e. The third kappa shape index (κ3) is 6.07. The van der Waals surface area contributed by atoms with Crippen LogP contribution in [-0.4, -0.2) is 6.71 Å². The Morgan fingerprint density at radius 1 is 0.458 bits per heavy atom. The molecule has 0 aromatic heterocycles. The normalized spacial score (nSPS) is 17.6. The SMILES string of the molecule is CC(C)(C)c1ccc2c(c1)B1c3cc(C(C)(C)C)ccc3Sc3cc(C4=c5ccccc5=C(c5ccc(-c6cccc7ccccc67)cc5)C5C=CC=CC45)cc(c31)S2. The second-order valence-electron chi connectivity index (χ2n) is 18.8. The number of hydrogen-bond acceptors (Lipinski definition) is 2. The summed E-state index contributed by atoms with van der Waals surface area (Å²) in [5.41, 5.74) is 15.4. The lowest BCUT2D eigenvalue weighted by Gasteiger charge is -2.37. The maximum Gasteiger partial charge on any atom is 0.247 e. The molecule has 4 aliphatic rings. The highest BCUT2D eigenvalue weighted by atomic mass is 32.2. The Hall–Kier alpha value is -5.22. The predicted molar refractivity (Wildman–Crippen MR) is 255 cm³/mol. The highest BCUT2D eigenvalue weighted by Crippen LogP contribution is 2.45. The molecule has 0 nitrogen and oxygen atoms in total. The summed E-state index contributed by atoms with van der Waals surface area (Å²) in [6.07, 6.45) is 9.43. The van der Waals surface area contributed by atoms with Gasteiger partial charge in [-0.3, -0.25) is 0 Å². The van der Waals surface area contributed by atoms with Gasteiger partial charge in [-0.1, -0.05) is 216 Å². The Kier molecular flexibility index (Phi) is 8.53. The molecule has 2 aliphatic carbocycles. The fourth-order valence-electron chi connectivity index (χ4n) is 10.1. The van der Waals surface area contributed by atoms with Gasteiger partial charge in [0.1, 0.15) is 0 Å². The van der Waals surface area contributed by atoms with E-state index in [9.17, 15) is 0 Å². The maximum absolute atomic E-state index is 2.55. The van der Waals surface area contributed by atoms with Crippen molar-refractivity contribution in [3.05, 3.63) is 197 Å². The molecule has 0 saturated carbocycles. The largest absolute Gasteiger partial charge is 0.247 e. The van der Waals surface area contributed by atoms with Gasteiger partial charge in [0.2, 0.25) is 6.71 Å². The molecule has 2 heterocycles. The molecule has 7 aromatic rings. The first-order valence-corrected chi connectivity index (χ1v) is 22.7. The van der Waals surface area contributed by atoms with Gasteiger partial charge >= 0.3 is 0 Å². The van der Waals surface area contributed by atoms with Crippen molar-refractivity contribution in [1.29, 1.82) is 0 Å². The highest BCUT2D eigenvalue weighted by molar-refractivity contribution is 8.01. The summed E-state index contributed by atoms with van der Waals surface area (Å²) in [7, 11) is 0. The molecule has 0 fully saturated rings. The van der Waals surface area contributed by atoms with E-state index in [2.05, 4.69) is 205 Å². The van der Waals surface area contributed by atoms with Crippen molar-refractivity contribution < 1.29 is 0 Å². The average Bonchev–Trinajstić information content (AvgIpc) is 3.24. The number of hydrogen-bond donors (Lipinski definition) is 0. The van der Waals surface area contributed by atoms with Crippen molar-refractivity contribution in [2.24, 2.45) is 11.8 Å². The van der Waals surface area contributed by atoms with Gasteiger partial charge in [0.05, 0.1) is 0 Å². The van der Waals surface area contributed by atoms with Crippen LogP contribution in [0.1, 0.15) is 63.8 Å². The van der Waals surface area contributed by atoms with Crippen molar-refractivity contribution in [2.75, 3.05) is 0 Å². The Labute approximate surface area is 358 Å². The van der Waals surface area contributed by atoms with Gasteiger partial charge in [-0.25, -0.2) is 0 Å². The molecule has 0 spiro atoms. The molecule has 0 bridgehead atoms. The first kappa shape index (κ1) is 36.8. The smallest absolute Gasteiger partial charge is 0.0911 e. The maximum atomic E-state index is 2.55. The standard InChI is InChI=1S/C56H47BS2/c1-55(2,3)38-26-28-48-46(32-38)57-47-33-39(56(4,5)6)27-29-49(47)59-51-31-37(30-50(58-48)54(51)57)53-44-19-11-9-17-42(44)52(43-18-10-12-20-45(43)53)36-24-22-35(23-25-36)41-21-13-15-34-14-7-8-16-40(34)41/h7-33,42,44H,1-6H3. The summed E-state index contributed by atoms with van der Waals surface area (Å²) in [6, 6.07) is 53.6. The Balaban J connectivity index is 1.10. The Morgan fingerprint density at radius 2 is 0.966 bits per heavy atom. The van der Waals surface area contributed by atoms with E-state index < -0.39 is 0 Å². The van der Waals surface area contributed by atoms with Crippen LogP contribution in [0.25, 0.3) is 33.0 Å².